The van der Waals surface area contributed by atoms with Gasteiger partial charge in [0.1, 0.15) is 12.4 Å². The van der Waals surface area contributed by atoms with Crippen LogP contribution in [0.1, 0.15) is 24.5 Å². The second-order valence-electron chi connectivity index (χ2n) is 5.91. The summed E-state index contributed by atoms with van der Waals surface area (Å²) in [5.74, 6) is 1.06. The minimum atomic E-state index is -0.255. The van der Waals surface area contributed by atoms with Gasteiger partial charge in [0.05, 0.1) is 11.6 Å². The molecule has 0 spiro atoms. The monoisotopic (exact) mass is 496 g/mol. The van der Waals surface area contributed by atoms with Crippen molar-refractivity contribution < 1.29 is 13.9 Å². The Hall–Kier alpha value is -1.05. The molecule has 0 radical (unpaired) electrons. The number of rotatable bonds is 11. The third-order valence-corrected chi connectivity index (χ3v) is 4.46. The Kier molecular flexibility index (Phi) is 14.3. The molecular formula is C20H28BrCl2FN2O2. The first-order valence-electron chi connectivity index (χ1n) is 8.79. The summed E-state index contributed by atoms with van der Waals surface area (Å²) in [6.07, 6.45) is 1.09. The van der Waals surface area contributed by atoms with Crippen LogP contribution in [0.25, 0.3) is 0 Å². The summed E-state index contributed by atoms with van der Waals surface area (Å²) in [5, 5.41) is 6.74. The molecule has 2 aromatic rings. The molecule has 0 atom stereocenters. The first kappa shape index (κ1) is 27.0. The normalized spacial score (nSPS) is 10.0. The van der Waals surface area contributed by atoms with Crippen molar-refractivity contribution in [2.75, 3.05) is 26.7 Å². The molecule has 0 saturated heterocycles. The van der Waals surface area contributed by atoms with Crippen LogP contribution in [0, 0.1) is 5.82 Å². The van der Waals surface area contributed by atoms with Gasteiger partial charge in [-0.15, -0.1) is 24.8 Å². The molecule has 8 heteroatoms. The van der Waals surface area contributed by atoms with Crippen molar-refractivity contribution in [1.82, 2.24) is 10.6 Å². The highest BCUT2D eigenvalue weighted by Crippen LogP contribution is 2.37. The quantitative estimate of drug-likeness (QED) is 0.423. The van der Waals surface area contributed by atoms with E-state index in [1.807, 2.05) is 12.1 Å². The topological polar surface area (TPSA) is 42.5 Å². The minimum absolute atomic E-state index is 0. The van der Waals surface area contributed by atoms with E-state index in [1.165, 1.54) is 12.1 Å². The van der Waals surface area contributed by atoms with E-state index in [4.69, 9.17) is 9.47 Å². The van der Waals surface area contributed by atoms with Crippen LogP contribution in [0.15, 0.2) is 40.9 Å². The molecule has 0 saturated carbocycles. The highest BCUT2D eigenvalue weighted by Gasteiger charge is 2.12. The van der Waals surface area contributed by atoms with Gasteiger partial charge in [-0.25, -0.2) is 4.39 Å². The van der Waals surface area contributed by atoms with Crippen LogP contribution >= 0.6 is 40.7 Å². The second-order valence-corrected chi connectivity index (χ2v) is 6.76. The highest BCUT2D eigenvalue weighted by molar-refractivity contribution is 9.10. The molecule has 2 N–H and O–H groups in total. The van der Waals surface area contributed by atoms with Crippen molar-refractivity contribution in [3.8, 4) is 11.5 Å². The van der Waals surface area contributed by atoms with Crippen LogP contribution in [0.3, 0.4) is 0 Å². The molecule has 0 heterocycles. The summed E-state index contributed by atoms with van der Waals surface area (Å²) in [4.78, 5) is 0. The Morgan fingerprint density at radius 1 is 1.00 bits per heavy atom. The summed E-state index contributed by atoms with van der Waals surface area (Å²) in [6, 6.07) is 10.3. The van der Waals surface area contributed by atoms with Gasteiger partial charge >= 0.3 is 0 Å². The molecule has 2 rings (SSSR count). The lowest BCUT2D eigenvalue weighted by atomic mass is 10.2. The predicted molar refractivity (Wildman–Crippen MR) is 121 cm³/mol. The Labute approximate surface area is 187 Å². The van der Waals surface area contributed by atoms with Crippen LogP contribution < -0.4 is 20.1 Å². The molecule has 0 aromatic heterocycles. The van der Waals surface area contributed by atoms with E-state index in [2.05, 4.69) is 33.5 Å². The van der Waals surface area contributed by atoms with E-state index in [0.717, 1.165) is 48.2 Å². The van der Waals surface area contributed by atoms with Gasteiger partial charge in [-0.1, -0.05) is 19.1 Å². The fourth-order valence-corrected chi connectivity index (χ4v) is 3.10. The van der Waals surface area contributed by atoms with Gasteiger partial charge in [-0.05, 0) is 77.4 Å². The van der Waals surface area contributed by atoms with Crippen LogP contribution in [-0.2, 0) is 13.2 Å². The maximum atomic E-state index is 13.0. The number of hydrogen-bond donors (Lipinski definition) is 2. The number of halogens is 4. The maximum Gasteiger partial charge on any atom is 0.175 e. The lowest BCUT2D eigenvalue weighted by Crippen LogP contribution is -2.21. The van der Waals surface area contributed by atoms with Gasteiger partial charge < -0.3 is 20.1 Å². The van der Waals surface area contributed by atoms with Crippen molar-refractivity contribution in [1.29, 1.82) is 0 Å². The third kappa shape index (κ3) is 8.97. The maximum absolute atomic E-state index is 13.0. The Balaban J connectivity index is 0.00000364. The average Bonchev–Trinajstić information content (AvgIpc) is 2.64. The van der Waals surface area contributed by atoms with E-state index in [0.29, 0.717) is 18.1 Å². The zero-order chi connectivity index (χ0) is 18.8. The number of ether oxygens (including phenoxy) is 2. The zero-order valence-corrected chi connectivity index (χ0v) is 19.3. The second kappa shape index (κ2) is 14.9. The molecule has 158 valence electrons. The number of methoxy groups -OCH3 is 1. The van der Waals surface area contributed by atoms with Crippen LogP contribution in [-0.4, -0.2) is 26.7 Å². The molecule has 0 amide bonds. The summed E-state index contributed by atoms with van der Waals surface area (Å²) >= 11 is 3.56. The van der Waals surface area contributed by atoms with E-state index in [1.54, 1.807) is 19.2 Å². The summed E-state index contributed by atoms with van der Waals surface area (Å²) in [7, 11) is 1.63. The number of hydrogen-bond acceptors (Lipinski definition) is 4. The highest BCUT2D eigenvalue weighted by atomic mass is 79.9. The van der Waals surface area contributed by atoms with E-state index in [-0.39, 0.29) is 30.6 Å². The SMILES string of the molecule is CCNCCCNCc1cc(Br)c(OCc2ccc(F)cc2)c(OC)c1.Cl.Cl. The van der Waals surface area contributed by atoms with Crippen molar-refractivity contribution >= 4 is 40.7 Å². The molecule has 2 aromatic carbocycles. The average molecular weight is 498 g/mol. The Morgan fingerprint density at radius 2 is 1.68 bits per heavy atom. The first-order valence-corrected chi connectivity index (χ1v) is 9.58. The molecule has 0 aliphatic carbocycles. The van der Waals surface area contributed by atoms with Crippen LogP contribution in [0.5, 0.6) is 11.5 Å². The van der Waals surface area contributed by atoms with Crippen molar-refractivity contribution in [2.45, 2.75) is 26.5 Å². The fourth-order valence-electron chi connectivity index (χ4n) is 2.50. The standard InChI is InChI=1S/C20H26BrFN2O2.2ClH/c1-3-23-9-4-10-24-13-16-11-18(21)20(19(12-16)25-2)26-14-15-5-7-17(22)8-6-15;;/h5-8,11-12,23-24H,3-4,9-10,13-14H2,1-2H3;2*1H. The lowest BCUT2D eigenvalue weighted by Gasteiger charge is -2.15. The van der Waals surface area contributed by atoms with Crippen molar-refractivity contribution in [3.63, 3.8) is 0 Å². The van der Waals surface area contributed by atoms with E-state index < -0.39 is 0 Å². The van der Waals surface area contributed by atoms with Gasteiger partial charge in [-0.3, -0.25) is 0 Å². The minimum Gasteiger partial charge on any atom is -0.493 e. The lowest BCUT2D eigenvalue weighted by molar-refractivity contribution is 0.282. The van der Waals surface area contributed by atoms with E-state index >= 15 is 0 Å². The van der Waals surface area contributed by atoms with Gasteiger partial charge in [0.25, 0.3) is 0 Å². The van der Waals surface area contributed by atoms with E-state index in [9.17, 15) is 4.39 Å². The fraction of sp³-hybridized carbons (Fsp3) is 0.400. The summed E-state index contributed by atoms with van der Waals surface area (Å²) in [6.45, 7) is 6.19. The van der Waals surface area contributed by atoms with Crippen LogP contribution in [0.4, 0.5) is 4.39 Å². The van der Waals surface area contributed by atoms with Crippen molar-refractivity contribution in [2.24, 2.45) is 0 Å². The summed E-state index contributed by atoms with van der Waals surface area (Å²) in [5.41, 5.74) is 2.01. The molecule has 4 nitrogen and oxygen atoms in total. The predicted octanol–water partition coefficient (Wildman–Crippen LogP) is 5.11. The Morgan fingerprint density at radius 3 is 2.32 bits per heavy atom. The number of nitrogens with one attached hydrogen (secondary N) is 2. The molecular weight excluding hydrogens is 470 g/mol. The van der Waals surface area contributed by atoms with Crippen LogP contribution in [0.2, 0.25) is 0 Å². The smallest absolute Gasteiger partial charge is 0.175 e. The first-order chi connectivity index (χ1) is 12.6. The van der Waals surface area contributed by atoms with Gasteiger partial charge in [0.15, 0.2) is 11.5 Å². The molecule has 0 aliphatic rings. The largest absolute Gasteiger partial charge is 0.493 e. The third-order valence-electron chi connectivity index (χ3n) is 3.87. The molecule has 0 unspecified atom stereocenters. The zero-order valence-electron chi connectivity index (χ0n) is 16.1. The van der Waals surface area contributed by atoms with Crippen molar-refractivity contribution in [3.05, 3.63) is 57.8 Å². The molecule has 0 aliphatic heterocycles. The summed E-state index contributed by atoms with van der Waals surface area (Å²) < 4.78 is 25.2. The van der Waals surface area contributed by atoms with Gasteiger partial charge in [0.2, 0.25) is 0 Å². The molecule has 28 heavy (non-hydrogen) atoms. The molecule has 0 fully saturated rings. The van der Waals surface area contributed by atoms with Gasteiger partial charge in [-0.2, -0.15) is 0 Å². The molecule has 0 bridgehead atoms. The Bertz CT molecular complexity index is 691. The number of benzene rings is 2. The van der Waals surface area contributed by atoms with Gasteiger partial charge in [0, 0.05) is 6.54 Å².